The van der Waals surface area contributed by atoms with Gasteiger partial charge in [-0.2, -0.15) is 0 Å². The largest absolute Gasteiger partial charge is 0.396 e. The number of aryl methyl sites for hydroxylation is 2. The first-order valence-electron chi connectivity index (χ1n) is 11.4. The number of piperazine rings is 1. The van der Waals surface area contributed by atoms with Gasteiger partial charge in [0.25, 0.3) is 5.91 Å². The molecule has 32 heavy (non-hydrogen) atoms. The summed E-state index contributed by atoms with van der Waals surface area (Å²) in [5.41, 5.74) is 10.5. The highest BCUT2D eigenvalue weighted by Gasteiger charge is 2.33. The highest BCUT2D eigenvalue weighted by Crippen LogP contribution is 2.32. The molecule has 0 spiro atoms. The first-order chi connectivity index (χ1) is 15.5. The standard InChI is InChI=1S/C23H27N7OS/c1-12-9-25-20-19(24)21(32-23(20)26-12)22(31)28-14-5-6-17-13(8-14)2-7-18(29-17)30-10-15-3-4-16(11-30)27-15/h2,7,9,14-16,27H,3-6,8,10-11,24H2,1H3,(H,28,31)/t14-,15?,16?/m0/s1. The zero-order chi connectivity index (χ0) is 21.8. The number of carbonyl (C=O) groups is 1. The summed E-state index contributed by atoms with van der Waals surface area (Å²) in [5.74, 6) is 0.956. The van der Waals surface area contributed by atoms with Crippen molar-refractivity contribution >= 4 is 39.1 Å². The molecule has 0 radical (unpaired) electrons. The minimum absolute atomic E-state index is 0.0740. The molecule has 3 atom stereocenters. The van der Waals surface area contributed by atoms with E-state index in [1.165, 1.54) is 35.4 Å². The van der Waals surface area contributed by atoms with Crippen LogP contribution in [0.1, 0.15) is 45.9 Å². The van der Waals surface area contributed by atoms with E-state index < -0.39 is 0 Å². The number of carbonyl (C=O) groups excluding carboxylic acids is 1. The Kier molecular flexibility index (Phi) is 4.76. The summed E-state index contributed by atoms with van der Waals surface area (Å²) in [6, 6.07) is 5.62. The molecule has 1 amide bonds. The Bertz CT molecular complexity index is 1200. The summed E-state index contributed by atoms with van der Waals surface area (Å²) in [7, 11) is 0. The molecule has 2 saturated heterocycles. The van der Waals surface area contributed by atoms with E-state index in [1.54, 1.807) is 6.20 Å². The second-order valence-electron chi connectivity index (χ2n) is 9.24. The number of nitrogens with one attached hydrogen (secondary N) is 2. The number of fused-ring (bicyclic) bond motifs is 4. The van der Waals surface area contributed by atoms with E-state index in [-0.39, 0.29) is 11.9 Å². The predicted octanol–water partition coefficient (Wildman–Crippen LogP) is 2.20. The Morgan fingerprint density at radius 1 is 1.22 bits per heavy atom. The van der Waals surface area contributed by atoms with Gasteiger partial charge in [0, 0.05) is 43.1 Å². The van der Waals surface area contributed by atoms with Gasteiger partial charge in [0.15, 0.2) is 0 Å². The van der Waals surface area contributed by atoms with Crippen molar-refractivity contribution in [2.45, 2.75) is 57.2 Å². The topological polar surface area (TPSA) is 109 Å². The molecule has 4 N–H and O–H groups in total. The number of hydrogen-bond acceptors (Lipinski definition) is 8. The van der Waals surface area contributed by atoms with Gasteiger partial charge in [-0.15, -0.1) is 11.3 Å². The molecule has 1 aliphatic carbocycles. The van der Waals surface area contributed by atoms with E-state index in [0.717, 1.165) is 43.9 Å². The Morgan fingerprint density at radius 2 is 2.03 bits per heavy atom. The Balaban J connectivity index is 1.16. The number of nitrogen functional groups attached to an aromatic ring is 1. The van der Waals surface area contributed by atoms with Gasteiger partial charge in [0.1, 0.15) is 21.0 Å². The number of pyridine rings is 1. The van der Waals surface area contributed by atoms with Crippen LogP contribution in [0, 0.1) is 6.92 Å². The zero-order valence-electron chi connectivity index (χ0n) is 18.1. The maximum absolute atomic E-state index is 13.0. The second-order valence-corrected chi connectivity index (χ2v) is 10.2. The quantitative estimate of drug-likeness (QED) is 0.562. The molecule has 2 aliphatic heterocycles. The SMILES string of the molecule is Cc1cnc2c(N)c(C(=O)N[C@H]3CCc4nc(N5CC6CCC(C5)N6)ccc4C3)sc2n1. The lowest BCUT2D eigenvalue weighted by Crippen LogP contribution is -2.51. The summed E-state index contributed by atoms with van der Waals surface area (Å²) < 4.78 is 0. The predicted molar refractivity (Wildman–Crippen MR) is 126 cm³/mol. The van der Waals surface area contributed by atoms with E-state index in [9.17, 15) is 4.79 Å². The third kappa shape index (κ3) is 3.49. The first kappa shape index (κ1) is 19.9. The first-order valence-corrected chi connectivity index (χ1v) is 12.2. The van der Waals surface area contributed by atoms with Crippen molar-refractivity contribution in [2.75, 3.05) is 23.7 Å². The fraction of sp³-hybridized carbons (Fsp3) is 0.478. The van der Waals surface area contributed by atoms with Gasteiger partial charge in [0.2, 0.25) is 0 Å². The van der Waals surface area contributed by atoms with Crippen molar-refractivity contribution in [2.24, 2.45) is 0 Å². The molecule has 2 fully saturated rings. The summed E-state index contributed by atoms with van der Waals surface area (Å²) in [6.07, 6.45) is 6.76. The zero-order valence-corrected chi connectivity index (χ0v) is 18.9. The van der Waals surface area contributed by atoms with Crippen molar-refractivity contribution in [1.29, 1.82) is 0 Å². The molecule has 3 aromatic heterocycles. The molecule has 8 nitrogen and oxygen atoms in total. The van der Waals surface area contributed by atoms with Crippen LogP contribution in [0.25, 0.3) is 10.3 Å². The van der Waals surface area contributed by atoms with Crippen molar-refractivity contribution in [3.8, 4) is 0 Å². The number of thiophene rings is 1. The summed E-state index contributed by atoms with van der Waals surface area (Å²) in [6.45, 7) is 3.97. The maximum Gasteiger partial charge on any atom is 0.263 e. The number of amides is 1. The van der Waals surface area contributed by atoms with Crippen molar-refractivity contribution in [3.05, 3.63) is 40.2 Å². The Labute approximate surface area is 190 Å². The summed E-state index contributed by atoms with van der Waals surface area (Å²) >= 11 is 1.31. The average molecular weight is 450 g/mol. The number of hydrogen-bond donors (Lipinski definition) is 3. The molecule has 2 unspecified atom stereocenters. The second kappa shape index (κ2) is 7.67. The van der Waals surface area contributed by atoms with Gasteiger partial charge in [-0.25, -0.2) is 15.0 Å². The van der Waals surface area contributed by atoms with E-state index in [2.05, 4.69) is 37.6 Å². The lowest BCUT2D eigenvalue weighted by Gasteiger charge is -2.34. The molecule has 3 aliphatic rings. The molecular weight excluding hydrogens is 422 g/mol. The fourth-order valence-corrected chi connectivity index (χ4v) is 6.27. The van der Waals surface area contributed by atoms with Crippen LogP contribution in [0.4, 0.5) is 11.5 Å². The third-order valence-electron chi connectivity index (χ3n) is 6.89. The van der Waals surface area contributed by atoms with Gasteiger partial charge in [-0.1, -0.05) is 6.07 Å². The molecule has 6 rings (SSSR count). The van der Waals surface area contributed by atoms with Crippen LogP contribution in [0.5, 0.6) is 0 Å². The van der Waals surface area contributed by atoms with Gasteiger partial charge in [0.05, 0.1) is 11.4 Å². The molecular formula is C23H27N7OS. The minimum Gasteiger partial charge on any atom is -0.396 e. The van der Waals surface area contributed by atoms with E-state index in [1.807, 2.05) is 6.92 Å². The van der Waals surface area contributed by atoms with Crippen LogP contribution in [-0.4, -0.2) is 52.1 Å². The van der Waals surface area contributed by atoms with Crippen LogP contribution in [-0.2, 0) is 12.8 Å². The number of rotatable bonds is 3. The Morgan fingerprint density at radius 3 is 2.84 bits per heavy atom. The van der Waals surface area contributed by atoms with E-state index in [0.29, 0.717) is 33.0 Å². The molecule has 166 valence electrons. The smallest absolute Gasteiger partial charge is 0.263 e. The van der Waals surface area contributed by atoms with Crippen molar-refractivity contribution in [3.63, 3.8) is 0 Å². The number of anilines is 2. The lowest BCUT2D eigenvalue weighted by molar-refractivity contribution is 0.0938. The molecule has 5 heterocycles. The van der Waals surface area contributed by atoms with E-state index in [4.69, 9.17) is 10.7 Å². The van der Waals surface area contributed by atoms with Crippen molar-refractivity contribution in [1.82, 2.24) is 25.6 Å². The normalized spacial score (nSPS) is 24.5. The van der Waals surface area contributed by atoms with Crippen LogP contribution in [0.15, 0.2) is 18.3 Å². The molecule has 3 aromatic rings. The minimum atomic E-state index is -0.140. The number of nitrogens with zero attached hydrogens (tertiary/aromatic N) is 4. The van der Waals surface area contributed by atoms with E-state index >= 15 is 0 Å². The highest BCUT2D eigenvalue weighted by molar-refractivity contribution is 7.21. The average Bonchev–Trinajstić information content (AvgIpc) is 3.30. The number of aromatic nitrogens is 3. The fourth-order valence-electron chi connectivity index (χ4n) is 5.27. The monoisotopic (exact) mass is 449 g/mol. The Hall–Kier alpha value is -2.78. The molecule has 9 heteroatoms. The lowest BCUT2D eigenvalue weighted by atomic mass is 9.91. The van der Waals surface area contributed by atoms with Crippen LogP contribution in [0.3, 0.4) is 0 Å². The molecule has 2 bridgehead atoms. The number of nitrogens with two attached hydrogens (primary N) is 1. The highest BCUT2D eigenvalue weighted by atomic mass is 32.1. The maximum atomic E-state index is 13.0. The van der Waals surface area contributed by atoms with Gasteiger partial charge in [-0.05, 0) is 50.7 Å². The van der Waals surface area contributed by atoms with Crippen LogP contribution >= 0.6 is 11.3 Å². The van der Waals surface area contributed by atoms with Crippen LogP contribution < -0.4 is 21.3 Å². The van der Waals surface area contributed by atoms with Gasteiger partial charge >= 0.3 is 0 Å². The summed E-state index contributed by atoms with van der Waals surface area (Å²) in [5, 5.41) is 6.86. The van der Waals surface area contributed by atoms with Gasteiger partial charge < -0.3 is 21.3 Å². The summed E-state index contributed by atoms with van der Waals surface area (Å²) in [4.78, 5) is 30.4. The van der Waals surface area contributed by atoms with Crippen molar-refractivity contribution < 1.29 is 4.79 Å². The molecule has 0 saturated carbocycles. The van der Waals surface area contributed by atoms with Gasteiger partial charge in [-0.3, -0.25) is 4.79 Å². The van der Waals surface area contributed by atoms with Crippen LogP contribution in [0.2, 0.25) is 0 Å². The molecule has 0 aromatic carbocycles. The third-order valence-corrected chi connectivity index (χ3v) is 7.98.